The Morgan fingerprint density at radius 3 is 2.25 bits per heavy atom. The van der Waals surface area contributed by atoms with Crippen molar-refractivity contribution in [3.8, 4) is 11.6 Å². The third-order valence-corrected chi connectivity index (χ3v) is 5.58. The van der Waals surface area contributed by atoms with Gasteiger partial charge in [-0.2, -0.15) is 13.2 Å². The summed E-state index contributed by atoms with van der Waals surface area (Å²) < 4.78 is 44.9. The molecule has 1 heterocycles. The Kier molecular flexibility index (Phi) is 8.70. The summed E-state index contributed by atoms with van der Waals surface area (Å²) in [6.07, 6.45) is -2.97. The van der Waals surface area contributed by atoms with Gasteiger partial charge in [-0.05, 0) is 60.7 Å². The number of halogens is 4. The molecule has 0 aliphatic heterocycles. The van der Waals surface area contributed by atoms with E-state index in [0.717, 1.165) is 12.1 Å². The number of alkyl halides is 3. The average molecular weight is 571 g/mol. The molecule has 13 heteroatoms. The maximum atomic E-state index is 13.0. The number of amides is 3. The molecule has 0 atom stereocenters. The molecule has 0 aliphatic carbocycles. The lowest BCUT2D eigenvalue weighted by molar-refractivity contribution is -0.137. The number of carbonyl (C=O) groups excluding carboxylic acids is 2. The molecule has 0 saturated carbocycles. The zero-order valence-electron chi connectivity index (χ0n) is 20.8. The van der Waals surface area contributed by atoms with Crippen LogP contribution in [0.5, 0.6) is 11.6 Å². The van der Waals surface area contributed by atoms with Gasteiger partial charge < -0.3 is 26.0 Å². The maximum Gasteiger partial charge on any atom is 0.417 e. The molecule has 0 saturated heterocycles. The van der Waals surface area contributed by atoms with Crippen LogP contribution in [0.4, 0.5) is 46.5 Å². The molecule has 9 nitrogen and oxygen atoms in total. The van der Waals surface area contributed by atoms with E-state index in [1.165, 1.54) is 12.4 Å². The first-order chi connectivity index (χ1) is 19.1. The Hall–Kier alpha value is -4.84. The molecular formula is C27H22ClF3N6O3. The fourth-order valence-corrected chi connectivity index (χ4v) is 3.60. The Balaban J connectivity index is 1.35. The largest absolute Gasteiger partial charge is 0.439 e. The number of ether oxygens (including phenoxy) is 1. The zero-order chi connectivity index (χ0) is 28.7. The number of carbonyl (C=O) groups is 2. The van der Waals surface area contributed by atoms with Crippen LogP contribution in [-0.2, 0) is 11.0 Å². The highest BCUT2D eigenvalue weighted by Crippen LogP contribution is 2.36. The van der Waals surface area contributed by atoms with Crippen LogP contribution in [0.3, 0.4) is 0 Å². The van der Waals surface area contributed by atoms with E-state index in [1.54, 1.807) is 55.5 Å². The molecule has 0 fully saturated rings. The molecule has 4 rings (SSSR count). The Labute approximate surface area is 231 Å². The summed E-state index contributed by atoms with van der Waals surface area (Å²) in [4.78, 5) is 32.2. The number of rotatable bonds is 8. The van der Waals surface area contributed by atoms with Crippen molar-refractivity contribution in [1.29, 1.82) is 0 Å². The molecule has 206 valence electrons. The summed E-state index contributed by atoms with van der Waals surface area (Å²) in [5.74, 6) is 1.01. The van der Waals surface area contributed by atoms with Crippen molar-refractivity contribution in [3.05, 3.63) is 89.7 Å². The van der Waals surface area contributed by atoms with Crippen molar-refractivity contribution in [2.45, 2.75) is 19.5 Å². The number of nitrogens with zero attached hydrogens (tertiary/aromatic N) is 2. The SMILES string of the molecule is CCC(=O)Nc1cccc(Nc2cc(Oc3ccc(NC(=O)Nc4ccc(Cl)c(C(F)(F)F)c4)cc3)ncn2)c1. The number of urea groups is 1. The van der Waals surface area contributed by atoms with Crippen molar-refractivity contribution in [2.24, 2.45) is 0 Å². The molecule has 1 aromatic heterocycles. The quantitative estimate of drug-likeness (QED) is 0.173. The van der Waals surface area contributed by atoms with Crippen molar-refractivity contribution in [3.63, 3.8) is 0 Å². The van der Waals surface area contributed by atoms with E-state index in [0.29, 0.717) is 35.1 Å². The standard InChI is InChI=1S/C27H22ClF3N6O3/c1-2-24(38)35-18-5-3-4-17(12-18)34-23-14-25(33-15-32-23)40-20-9-6-16(7-10-20)36-26(39)37-19-8-11-22(28)21(13-19)27(29,30)31/h3-15H,2H2,1H3,(H,35,38)(H,32,33,34)(H2,36,37,39). The summed E-state index contributed by atoms with van der Waals surface area (Å²) in [5, 5.41) is 10.3. The van der Waals surface area contributed by atoms with Gasteiger partial charge in [0.1, 0.15) is 17.9 Å². The van der Waals surface area contributed by atoms with E-state index in [1.807, 2.05) is 6.07 Å². The zero-order valence-corrected chi connectivity index (χ0v) is 21.6. The van der Waals surface area contributed by atoms with Crippen molar-refractivity contribution >= 4 is 52.1 Å². The molecular weight excluding hydrogens is 549 g/mol. The maximum absolute atomic E-state index is 13.0. The highest BCUT2D eigenvalue weighted by atomic mass is 35.5. The van der Waals surface area contributed by atoms with Crippen LogP contribution in [0.2, 0.25) is 5.02 Å². The molecule has 40 heavy (non-hydrogen) atoms. The molecule has 0 unspecified atom stereocenters. The monoisotopic (exact) mass is 570 g/mol. The van der Waals surface area contributed by atoms with Gasteiger partial charge in [-0.15, -0.1) is 0 Å². The van der Waals surface area contributed by atoms with Gasteiger partial charge in [-0.25, -0.2) is 14.8 Å². The number of anilines is 5. The van der Waals surface area contributed by atoms with Crippen LogP contribution in [0.15, 0.2) is 79.1 Å². The van der Waals surface area contributed by atoms with Crippen LogP contribution in [-0.4, -0.2) is 21.9 Å². The van der Waals surface area contributed by atoms with Crippen LogP contribution in [0.25, 0.3) is 0 Å². The molecule has 0 bridgehead atoms. The second-order valence-electron chi connectivity index (χ2n) is 8.25. The van der Waals surface area contributed by atoms with Gasteiger partial charge in [0.05, 0.1) is 10.6 Å². The summed E-state index contributed by atoms with van der Waals surface area (Å²) >= 11 is 5.61. The summed E-state index contributed by atoms with van der Waals surface area (Å²) in [7, 11) is 0. The lowest BCUT2D eigenvalue weighted by Gasteiger charge is -2.12. The molecule has 0 aliphatic rings. The normalized spacial score (nSPS) is 10.9. The van der Waals surface area contributed by atoms with Crippen molar-refractivity contribution in [2.75, 3.05) is 21.3 Å². The van der Waals surface area contributed by atoms with Gasteiger partial charge in [-0.3, -0.25) is 4.79 Å². The number of benzene rings is 3. The molecule has 0 radical (unpaired) electrons. The van der Waals surface area contributed by atoms with Gasteiger partial charge in [0, 0.05) is 35.2 Å². The number of nitrogens with one attached hydrogen (secondary N) is 4. The van der Waals surface area contributed by atoms with Gasteiger partial charge in [-0.1, -0.05) is 24.6 Å². The highest BCUT2D eigenvalue weighted by Gasteiger charge is 2.33. The number of hydrogen-bond donors (Lipinski definition) is 4. The second kappa shape index (κ2) is 12.3. The average Bonchev–Trinajstić information content (AvgIpc) is 2.90. The van der Waals surface area contributed by atoms with Crippen molar-refractivity contribution in [1.82, 2.24) is 9.97 Å². The molecule has 0 spiro atoms. The van der Waals surface area contributed by atoms with Crippen molar-refractivity contribution < 1.29 is 27.5 Å². The Morgan fingerprint density at radius 2 is 1.52 bits per heavy atom. The fourth-order valence-electron chi connectivity index (χ4n) is 3.38. The van der Waals surface area contributed by atoms with E-state index < -0.39 is 22.8 Å². The van der Waals surface area contributed by atoms with Gasteiger partial charge in [0.15, 0.2) is 0 Å². The number of aromatic nitrogens is 2. The van der Waals surface area contributed by atoms with Crippen LogP contribution < -0.4 is 26.0 Å². The minimum atomic E-state index is -4.65. The second-order valence-corrected chi connectivity index (χ2v) is 8.65. The van der Waals surface area contributed by atoms with E-state index in [4.69, 9.17) is 16.3 Å². The van der Waals surface area contributed by atoms with Crippen LogP contribution >= 0.6 is 11.6 Å². The predicted molar refractivity (Wildman–Crippen MR) is 146 cm³/mol. The predicted octanol–water partition coefficient (Wildman–Crippen LogP) is 7.68. The van der Waals surface area contributed by atoms with Gasteiger partial charge in [0.2, 0.25) is 11.8 Å². The van der Waals surface area contributed by atoms with Crippen LogP contribution in [0.1, 0.15) is 18.9 Å². The lowest BCUT2D eigenvalue weighted by atomic mass is 10.2. The number of hydrogen-bond acceptors (Lipinski definition) is 6. The molecule has 4 N–H and O–H groups in total. The third-order valence-electron chi connectivity index (χ3n) is 5.25. The van der Waals surface area contributed by atoms with E-state index in [2.05, 4.69) is 31.2 Å². The van der Waals surface area contributed by atoms with Gasteiger partial charge in [0.25, 0.3) is 0 Å². The van der Waals surface area contributed by atoms with E-state index in [-0.39, 0.29) is 17.5 Å². The molecule has 4 aromatic rings. The van der Waals surface area contributed by atoms with E-state index in [9.17, 15) is 22.8 Å². The Bertz CT molecular complexity index is 1520. The third kappa shape index (κ3) is 7.84. The van der Waals surface area contributed by atoms with Crippen LogP contribution in [0, 0.1) is 0 Å². The summed E-state index contributed by atoms with van der Waals surface area (Å²) in [5.41, 5.74) is 0.588. The smallest absolute Gasteiger partial charge is 0.417 e. The van der Waals surface area contributed by atoms with Gasteiger partial charge >= 0.3 is 12.2 Å². The highest BCUT2D eigenvalue weighted by molar-refractivity contribution is 6.31. The molecule has 3 amide bonds. The summed E-state index contributed by atoms with van der Waals surface area (Å²) in [6.45, 7) is 1.77. The minimum absolute atomic E-state index is 0.0696. The fraction of sp³-hybridized carbons (Fsp3) is 0.111. The first kappa shape index (κ1) is 28.2. The minimum Gasteiger partial charge on any atom is -0.439 e. The Morgan fingerprint density at radius 1 is 0.850 bits per heavy atom. The summed E-state index contributed by atoms with van der Waals surface area (Å²) in [6, 6.07) is 17.3. The van der Waals surface area contributed by atoms with E-state index >= 15 is 0 Å². The lowest BCUT2D eigenvalue weighted by Crippen LogP contribution is -2.19. The molecule has 3 aromatic carbocycles. The first-order valence-corrected chi connectivity index (χ1v) is 12.2. The topological polar surface area (TPSA) is 117 Å². The first-order valence-electron chi connectivity index (χ1n) is 11.8.